The molecule has 1 fully saturated rings. The number of anilines is 2. The molecule has 5 nitrogen and oxygen atoms in total. The van der Waals surface area contributed by atoms with Crippen LogP contribution in [-0.4, -0.2) is 34.7 Å². The summed E-state index contributed by atoms with van der Waals surface area (Å²) in [5.74, 6) is 1.27. The topological polar surface area (TPSA) is 75.4 Å². The Morgan fingerprint density at radius 3 is 2.78 bits per heavy atom. The third-order valence-electron chi connectivity index (χ3n) is 3.46. The van der Waals surface area contributed by atoms with Crippen LogP contribution >= 0.6 is 0 Å². The second kappa shape index (κ2) is 4.37. The zero-order valence-electron chi connectivity index (χ0n) is 9.89. The fourth-order valence-electron chi connectivity index (χ4n) is 2.37. The van der Waals surface area contributed by atoms with Crippen LogP contribution in [0.3, 0.4) is 0 Å². The maximum atomic E-state index is 11.5. The molecule has 0 saturated carbocycles. The Bertz CT molecular complexity index is 522. The molecule has 0 aliphatic carbocycles. The van der Waals surface area contributed by atoms with Gasteiger partial charge in [0, 0.05) is 52.3 Å². The molecular weight excluding hydrogens is 250 g/mol. The number of carbonyl (C=O) groups excluding carboxylic acids is 1. The molecule has 1 aromatic rings. The summed E-state index contributed by atoms with van der Waals surface area (Å²) in [5.41, 5.74) is 8.48. The van der Waals surface area contributed by atoms with E-state index in [2.05, 4.69) is 10.2 Å². The van der Waals surface area contributed by atoms with Gasteiger partial charge in [-0.1, -0.05) is 6.07 Å². The molecule has 1 saturated heterocycles. The van der Waals surface area contributed by atoms with Gasteiger partial charge >= 0.3 is 0 Å². The molecule has 0 aromatic heterocycles. The molecule has 1 atom stereocenters. The molecule has 0 spiro atoms. The first-order valence-electron chi connectivity index (χ1n) is 5.95. The lowest BCUT2D eigenvalue weighted by atomic mass is 10.1. The Balaban J connectivity index is 1.85. The molecule has 0 bridgehead atoms. The maximum Gasteiger partial charge on any atom is 0.245 e. The molecule has 1 amide bonds. The van der Waals surface area contributed by atoms with Crippen LogP contribution in [0.15, 0.2) is 18.2 Å². The normalized spacial score (nSPS) is 23.9. The zero-order chi connectivity index (χ0) is 12.7. The highest BCUT2D eigenvalue weighted by Gasteiger charge is 2.27. The van der Waals surface area contributed by atoms with Crippen molar-refractivity contribution in [2.45, 2.75) is 6.04 Å². The van der Waals surface area contributed by atoms with E-state index in [4.69, 9.17) is 5.73 Å². The predicted molar refractivity (Wildman–Crippen MR) is 72.1 cm³/mol. The minimum Gasteiger partial charge on any atom is -0.370 e. The van der Waals surface area contributed by atoms with Gasteiger partial charge in [0.2, 0.25) is 5.91 Å². The fourth-order valence-corrected chi connectivity index (χ4v) is 3.42. The smallest absolute Gasteiger partial charge is 0.245 e. The molecule has 3 N–H and O–H groups in total. The van der Waals surface area contributed by atoms with Gasteiger partial charge in [-0.25, -0.2) is 0 Å². The van der Waals surface area contributed by atoms with Gasteiger partial charge in [0.15, 0.2) is 0 Å². The first-order valence-corrected chi connectivity index (χ1v) is 7.44. The molecule has 2 aliphatic rings. The third-order valence-corrected chi connectivity index (χ3v) is 4.73. The van der Waals surface area contributed by atoms with E-state index >= 15 is 0 Å². The Morgan fingerprint density at radius 1 is 1.33 bits per heavy atom. The van der Waals surface area contributed by atoms with Crippen molar-refractivity contribution in [1.29, 1.82) is 0 Å². The van der Waals surface area contributed by atoms with Gasteiger partial charge in [-0.15, -0.1) is 0 Å². The monoisotopic (exact) mass is 265 g/mol. The van der Waals surface area contributed by atoms with E-state index in [-0.39, 0.29) is 5.91 Å². The predicted octanol–water partition coefficient (Wildman–Crippen LogP) is 0.207. The van der Waals surface area contributed by atoms with Crippen molar-refractivity contribution in [1.82, 2.24) is 0 Å². The van der Waals surface area contributed by atoms with Crippen molar-refractivity contribution in [2.24, 2.45) is 5.73 Å². The van der Waals surface area contributed by atoms with Crippen molar-refractivity contribution >= 4 is 28.1 Å². The molecule has 6 heteroatoms. The number of rotatable bonds is 1. The molecule has 0 radical (unpaired) electrons. The highest BCUT2D eigenvalue weighted by atomic mass is 32.2. The minimum absolute atomic E-state index is 0.151. The van der Waals surface area contributed by atoms with Crippen LogP contribution in [-0.2, 0) is 15.6 Å². The second-order valence-electron chi connectivity index (χ2n) is 4.57. The molecule has 3 rings (SSSR count). The molecular formula is C12H15N3O2S. The second-order valence-corrected chi connectivity index (χ2v) is 6.27. The van der Waals surface area contributed by atoms with Crippen LogP contribution in [0.25, 0.3) is 0 Å². The number of hydrogen-bond acceptors (Lipinski definition) is 4. The molecule has 2 aliphatic heterocycles. The van der Waals surface area contributed by atoms with Gasteiger partial charge in [-0.3, -0.25) is 9.00 Å². The summed E-state index contributed by atoms with van der Waals surface area (Å²) >= 11 is 0. The summed E-state index contributed by atoms with van der Waals surface area (Å²) < 4.78 is 11.3. The lowest BCUT2D eigenvalue weighted by molar-refractivity contribution is -0.116. The third kappa shape index (κ3) is 1.91. The first kappa shape index (κ1) is 11.7. The van der Waals surface area contributed by atoms with E-state index in [1.165, 1.54) is 0 Å². The SMILES string of the molecule is NC1C(=O)Nc2cc(N3CCS(=O)CC3)ccc21. The Kier molecular flexibility index (Phi) is 2.83. The number of fused-ring (bicyclic) bond motifs is 1. The van der Waals surface area contributed by atoms with Crippen molar-refractivity contribution in [3.05, 3.63) is 23.8 Å². The quantitative estimate of drug-likeness (QED) is 0.761. The average Bonchev–Trinajstić information content (AvgIpc) is 2.65. The first-order chi connectivity index (χ1) is 8.65. The number of benzene rings is 1. The molecule has 1 unspecified atom stereocenters. The van der Waals surface area contributed by atoms with E-state index < -0.39 is 16.8 Å². The van der Waals surface area contributed by atoms with Gasteiger partial charge in [0.1, 0.15) is 6.04 Å². The summed E-state index contributed by atoms with van der Waals surface area (Å²) in [4.78, 5) is 13.7. The van der Waals surface area contributed by atoms with E-state index in [1.54, 1.807) is 0 Å². The summed E-state index contributed by atoms with van der Waals surface area (Å²) in [6.45, 7) is 1.59. The number of carbonyl (C=O) groups is 1. The van der Waals surface area contributed by atoms with E-state index in [9.17, 15) is 9.00 Å². The number of nitrogens with zero attached hydrogens (tertiary/aromatic N) is 1. The van der Waals surface area contributed by atoms with Crippen molar-refractivity contribution in [2.75, 3.05) is 34.8 Å². The van der Waals surface area contributed by atoms with Crippen molar-refractivity contribution < 1.29 is 9.00 Å². The van der Waals surface area contributed by atoms with E-state index in [0.717, 1.165) is 30.0 Å². The summed E-state index contributed by atoms with van der Waals surface area (Å²) in [6.07, 6.45) is 0. The Morgan fingerprint density at radius 2 is 2.06 bits per heavy atom. The highest BCUT2D eigenvalue weighted by Crippen LogP contribution is 2.32. The van der Waals surface area contributed by atoms with Crippen LogP contribution in [0.1, 0.15) is 11.6 Å². The minimum atomic E-state index is -0.677. The lowest BCUT2D eigenvalue weighted by Gasteiger charge is -2.28. The Labute approximate surface area is 108 Å². The van der Waals surface area contributed by atoms with Crippen LogP contribution in [0.2, 0.25) is 0 Å². The van der Waals surface area contributed by atoms with Crippen molar-refractivity contribution in [3.63, 3.8) is 0 Å². The molecule has 2 heterocycles. The van der Waals surface area contributed by atoms with Crippen LogP contribution in [0.4, 0.5) is 11.4 Å². The largest absolute Gasteiger partial charge is 0.370 e. The average molecular weight is 265 g/mol. The van der Waals surface area contributed by atoms with Gasteiger partial charge < -0.3 is 16.0 Å². The lowest BCUT2D eigenvalue weighted by Crippen LogP contribution is -2.37. The van der Waals surface area contributed by atoms with Gasteiger partial charge in [-0.05, 0) is 12.1 Å². The number of amides is 1. The number of hydrogen-bond donors (Lipinski definition) is 2. The zero-order valence-corrected chi connectivity index (χ0v) is 10.7. The van der Waals surface area contributed by atoms with Crippen LogP contribution in [0.5, 0.6) is 0 Å². The number of nitrogens with two attached hydrogens (primary N) is 1. The summed E-state index contributed by atoms with van der Waals surface area (Å²) in [6, 6.07) is 5.28. The van der Waals surface area contributed by atoms with E-state index in [0.29, 0.717) is 11.5 Å². The number of nitrogens with one attached hydrogen (secondary N) is 1. The van der Waals surface area contributed by atoms with Gasteiger partial charge in [-0.2, -0.15) is 0 Å². The Hall–Kier alpha value is -1.40. The molecule has 1 aromatic carbocycles. The molecule has 18 heavy (non-hydrogen) atoms. The van der Waals surface area contributed by atoms with Crippen LogP contribution < -0.4 is 16.0 Å². The summed E-state index contributed by atoms with van der Waals surface area (Å²) in [5, 5.41) is 2.78. The van der Waals surface area contributed by atoms with E-state index in [1.807, 2.05) is 18.2 Å². The fraction of sp³-hybridized carbons (Fsp3) is 0.417. The maximum absolute atomic E-state index is 11.5. The molecule has 96 valence electrons. The van der Waals surface area contributed by atoms with Gasteiger partial charge in [0.05, 0.1) is 0 Å². The van der Waals surface area contributed by atoms with Crippen LogP contribution in [0, 0.1) is 0 Å². The highest BCUT2D eigenvalue weighted by molar-refractivity contribution is 7.85. The standard InChI is InChI=1S/C12H15N3O2S/c13-11-9-2-1-8(7-10(9)14-12(11)16)15-3-5-18(17)6-4-15/h1-2,7,11H,3-6,13H2,(H,14,16). The van der Waals surface area contributed by atoms with Gasteiger partial charge in [0.25, 0.3) is 0 Å². The summed E-state index contributed by atoms with van der Waals surface area (Å²) in [7, 11) is -0.677. The van der Waals surface area contributed by atoms with Crippen molar-refractivity contribution in [3.8, 4) is 0 Å².